The summed E-state index contributed by atoms with van der Waals surface area (Å²) in [5.41, 5.74) is 1.23. The van der Waals surface area contributed by atoms with Gasteiger partial charge in [0.25, 0.3) is 0 Å². The third-order valence-electron chi connectivity index (χ3n) is 3.97. The van der Waals surface area contributed by atoms with Crippen LogP contribution in [0.15, 0.2) is 23.0 Å². The number of hydrogen-bond donors (Lipinski definition) is 1. The van der Waals surface area contributed by atoms with E-state index < -0.39 is 0 Å². The largest absolute Gasteiger partial charge is 0.326 e. The zero-order chi connectivity index (χ0) is 13.6. The Morgan fingerprint density at radius 3 is 2.89 bits per heavy atom. The molecule has 19 heavy (non-hydrogen) atoms. The van der Waals surface area contributed by atoms with E-state index in [0.29, 0.717) is 11.6 Å². The molecule has 4 nitrogen and oxygen atoms in total. The summed E-state index contributed by atoms with van der Waals surface area (Å²) in [7, 11) is 0. The lowest BCUT2D eigenvalue weighted by Gasteiger charge is -2.20. The lowest BCUT2D eigenvalue weighted by molar-refractivity contribution is 0.265. The van der Waals surface area contributed by atoms with Crippen molar-refractivity contribution >= 4 is 11.0 Å². The molecule has 1 fully saturated rings. The maximum atomic E-state index is 13.2. The van der Waals surface area contributed by atoms with Crippen molar-refractivity contribution in [2.24, 2.45) is 0 Å². The van der Waals surface area contributed by atoms with Crippen molar-refractivity contribution in [3.8, 4) is 0 Å². The molecule has 0 bridgehead atoms. The molecule has 1 aliphatic heterocycles. The van der Waals surface area contributed by atoms with Crippen LogP contribution in [0.3, 0.4) is 0 Å². The van der Waals surface area contributed by atoms with Gasteiger partial charge < -0.3 is 4.98 Å². The minimum atomic E-state index is -0.323. The Morgan fingerprint density at radius 2 is 2.21 bits per heavy atom. The van der Waals surface area contributed by atoms with Crippen LogP contribution in [0, 0.1) is 5.82 Å². The minimum Gasteiger partial charge on any atom is -0.305 e. The normalized spacial score (nSPS) is 20.7. The summed E-state index contributed by atoms with van der Waals surface area (Å²) in [5, 5.41) is 0. The van der Waals surface area contributed by atoms with Crippen LogP contribution in [0.5, 0.6) is 0 Å². The first-order valence-corrected chi connectivity index (χ1v) is 6.70. The first-order chi connectivity index (χ1) is 9.06. The molecule has 0 amide bonds. The Bertz CT molecular complexity index is 658. The molecule has 1 N–H and O–H groups in total. The molecule has 1 aromatic heterocycles. The molecular weight excluding hydrogens is 245 g/mol. The van der Waals surface area contributed by atoms with Crippen LogP contribution in [-0.4, -0.2) is 33.6 Å². The number of H-pyrrole nitrogens is 1. The summed E-state index contributed by atoms with van der Waals surface area (Å²) in [4.78, 5) is 17.2. The van der Waals surface area contributed by atoms with Gasteiger partial charge in [0.2, 0.25) is 0 Å². The van der Waals surface area contributed by atoms with Gasteiger partial charge in [0.05, 0.1) is 17.1 Å². The quantitative estimate of drug-likeness (QED) is 0.901. The second-order valence-corrected chi connectivity index (χ2v) is 5.49. The molecule has 1 aromatic carbocycles. The van der Waals surface area contributed by atoms with E-state index >= 15 is 0 Å². The highest BCUT2D eigenvalue weighted by Gasteiger charge is 2.27. The number of rotatable bonds is 2. The molecule has 1 atom stereocenters. The summed E-state index contributed by atoms with van der Waals surface area (Å²) in [6.07, 6.45) is 0.961. The number of benzene rings is 1. The van der Waals surface area contributed by atoms with Crippen molar-refractivity contribution in [2.75, 3.05) is 13.1 Å². The van der Waals surface area contributed by atoms with Gasteiger partial charge in [-0.15, -0.1) is 0 Å². The first-order valence-electron chi connectivity index (χ1n) is 6.70. The molecule has 1 unspecified atom stereocenters. The number of nitrogens with zero attached hydrogens (tertiary/aromatic N) is 2. The van der Waals surface area contributed by atoms with Crippen LogP contribution in [0.4, 0.5) is 4.39 Å². The highest BCUT2D eigenvalue weighted by atomic mass is 19.1. The fraction of sp³-hybridized carbons (Fsp3) is 0.500. The number of hydrogen-bond acceptors (Lipinski definition) is 2. The second-order valence-electron chi connectivity index (χ2n) is 5.49. The van der Waals surface area contributed by atoms with Crippen molar-refractivity contribution in [1.82, 2.24) is 14.5 Å². The maximum absolute atomic E-state index is 13.2. The third kappa shape index (κ3) is 2.08. The van der Waals surface area contributed by atoms with Crippen LogP contribution < -0.4 is 5.69 Å². The smallest absolute Gasteiger partial charge is 0.305 e. The number of fused-ring (bicyclic) bond motifs is 1. The molecule has 0 saturated carbocycles. The van der Waals surface area contributed by atoms with Crippen LogP contribution in [0.1, 0.15) is 26.3 Å². The maximum Gasteiger partial charge on any atom is 0.326 e. The molecule has 0 aliphatic carbocycles. The molecule has 102 valence electrons. The van der Waals surface area contributed by atoms with Crippen molar-refractivity contribution in [2.45, 2.75) is 32.4 Å². The molecule has 1 saturated heterocycles. The van der Waals surface area contributed by atoms with Crippen molar-refractivity contribution < 1.29 is 4.39 Å². The van der Waals surface area contributed by atoms with Gasteiger partial charge in [-0.3, -0.25) is 9.47 Å². The van der Waals surface area contributed by atoms with Gasteiger partial charge in [0.1, 0.15) is 5.82 Å². The van der Waals surface area contributed by atoms with Gasteiger partial charge in [-0.2, -0.15) is 0 Å². The van der Waals surface area contributed by atoms with E-state index in [1.54, 1.807) is 10.6 Å². The average molecular weight is 263 g/mol. The Kier molecular flexibility index (Phi) is 2.93. The monoisotopic (exact) mass is 263 g/mol. The van der Waals surface area contributed by atoms with E-state index in [0.717, 1.165) is 25.0 Å². The van der Waals surface area contributed by atoms with Crippen LogP contribution >= 0.6 is 0 Å². The number of aromatic nitrogens is 2. The minimum absolute atomic E-state index is 0.142. The van der Waals surface area contributed by atoms with Crippen molar-refractivity contribution in [3.05, 3.63) is 34.5 Å². The number of imidazole rings is 1. The number of halogens is 1. The van der Waals surface area contributed by atoms with Gasteiger partial charge in [-0.25, -0.2) is 9.18 Å². The highest BCUT2D eigenvalue weighted by Crippen LogP contribution is 2.25. The van der Waals surface area contributed by atoms with Gasteiger partial charge in [0, 0.05) is 19.1 Å². The summed E-state index contributed by atoms with van der Waals surface area (Å²) in [6.45, 7) is 6.20. The Labute approximate surface area is 110 Å². The van der Waals surface area contributed by atoms with E-state index in [9.17, 15) is 9.18 Å². The van der Waals surface area contributed by atoms with Gasteiger partial charge in [0.15, 0.2) is 0 Å². The van der Waals surface area contributed by atoms with Crippen LogP contribution in [0.2, 0.25) is 0 Å². The van der Waals surface area contributed by atoms with Crippen molar-refractivity contribution in [1.29, 1.82) is 0 Å². The molecule has 3 rings (SSSR count). The average Bonchev–Trinajstić information content (AvgIpc) is 2.91. The van der Waals surface area contributed by atoms with Gasteiger partial charge in [-0.05, 0) is 38.5 Å². The third-order valence-corrected chi connectivity index (χ3v) is 3.97. The van der Waals surface area contributed by atoms with E-state index in [1.807, 2.05) is 0 Å². The molecular formula is C14H18FN3O. The highest BCUT2D eigenvalue weighted by molar-refractivity contribution is 5.75. The standard InChI is InChI=1S/C14H18FN3O/c1-9(2)17-6-5-11(8-17)18-13-4-3-10(15)7-12(13)16-14(18)19/h3-4,7,9,11H,5-6,8H2,1-2H3,(H,16,19). The second kappa shape index (κ2) is 4.49. The molecule has 2 aromatic rings. The van der Waals surface area contributed by atoms with Gasteiger partial charge in [-0.1, -0.05) is 0 Å². The summed E-state index contributed by atoms with van der Waals surface area (Å²) in [5.74, 6) is -0.323. The predicted molar refractivity (Wildman–Crippen MR) is 72.9 cm³/mol. The zero-order valence-electron chi connectivity index (χ0n) is 11.2. The topological polar surface area (TPSA) is 41.0 Å². The Morgan fingerprint density at radius 1 is 1.42 bits per heavy atom. The number of nitrogens with one attached hydrogen (secondary N) is 1. The number of aromatic amines is 1. The summed E-state index contributed by atoms with van der Waals surface area (Å²) < 4.78 is 15.0. The predicted octanol–water partition coefficient (Wildman–Crippen LogP) is 2.12. The van der Waals surface area contributed by atoms with Crippen LogP contribution in [-0.2, 0) is 0 Å². The van der Waals surface area contributed by atoms with E-state index in [2.05, 4.69) is 23.7 Å². The van der Waals surface area contributed by atoms with E-state index in [4.69, 9.17) is 0 Å². The lowest BCUT2D eigenvalue weighted by Crippen LogP contribution is -2.30. The molecule has 5 heteroatoms. The molecule has 0 radical (unpaired) electrons. The SMILES string of the molecule is CC(C)N1CCC(n2c(=O)[nH]c3cc(F)ccc32)C1. The van der Waals surface area contributed by atoms with Crippen molar-refractivity contribution in [3.63, 3.8) is 0 Å². The fourth-order valence-electron chi connectivity index (χ4n) is 2.91. The molecule has 0 spiro atoms. The fourth-order valence-corrected chi connectivity index (χ4v) is 2.91. The zero-order valence-corrected chi connectivity index (χ0v) is 11.2. The molecule has 1 aliphatic rings. The first kappa shape index (κ1) is 12.4. The molecule has 2 heterocycles. The summed E-state index contributed by atoms with van der Waals surface area (Å²) >= 11 is 0. The number of likely N-dealkylation sites (tertiary alicyclic amines) is 1. The van der Waals surface area contributed by atoms with E-state index in [1.165, 1.54) is 12.1 Å². The Balaban J connectivity index is 2.02. The van der Waals surface area contributed by atoms with E-state index in [-0.39, 0.29) is 17.5 Å². The Hall–Kier alpha value is -1.62. The van der Waals surface area contributed by atoms with Gasteiger partial charge >= 0.3 is 5.69 Å². The summed E-state index contributed by atoms with van der Waals surface area (Å²) in [6, 6.07) is 5.13. The lowest BCUT2D eigenvalue weighted by atomic mass is 10.2. The van der Waals surface area contributed by atoms with Crippen LogP contribution in [0.25, 0.3) is 11.0 Å².